The second kappa shape index (κ2) is 6.94. The van der Waals surface area contributed by atoms with Crippen LogP contribution in [0.1, 0.15) is 24.8 Å². The Morgan fingerprint density at radius 3 is 2.88 bits per heavy atom. The number of rotatable bonds is 7. The maximum absolute atomic E-state index is 12.5. The van der Waals surface area contributed by atoms with Gasteiger partial charge in [-0.1, -0.05) is 5.16 Å². The highest BCUT2D eigenvalue weighted by Gasteiger charge is 2.41. The van der Waals surface area contributed by atoms with Crippen molar-refractivity contribution in [1.82, 2.24) is 10.2 Å². The number of oxime groups is 1. The van der Waals surface area contributed by atoms with Crippen molar-refractivity contribution < 1.29 is 37.4 Å². The van der Waals surface area contributed by atoms with Gasteiger partial charge < -0.3 is 23.8 Å². The number of alkyl halides is 2. The summed E-state index contributed by atoms with van der Waals surface area (Å²) in [5.41, 5.74) is -0.0174. The molecule has 1 aliphatic heterocycles. The summed E-state index contributed by atoms with van der Waals surface area (Å²) in [6.07, 6.45) is 1.43. The molecule has 3 rings (SSSR count). The summed E-state index contributed by atoms with van der Waals surface area (Å²) in [6, 6.07) is 4.07. The number of aromatic nitrogens is 2. The van der Waals surface area contributed by atoms with E-state index in [4.69, 9.17) is 19.1 Å². The first-order valence-electron chi connectivity index (χ1n) is 7.33. The number of nitrogens with zero attached hydrogens (tertiary/aromatic N) is 3. The molecule has 2 aromatic rings. The van der Waals surface area contributed by atoms with E-state index in [1.165, 1.54) is 18.2 Å². The smallest absolute Gasteiger partial charge is 0.387 e. The van der Waals surface area contributed by atoms with Crippen LogP contribution in [0.3, 0.4) is 0 Å². The Balaban J connectivity index is 1.84. The van der Waals surface area contributed by atoms with Gasteiger partial charge in [0, 0.05) is 12.0 Å². The van der Waals surface area contributed by atoms with Crippen LogP contribution in [0, 0.1) is 0 Å². The second-order valence-electron chi connectivity index (χ2n) is 5.50. The molecule has 138 valence electrons. The van der Waals surface area contributed by atoms with Gasteiger partial charge in [-0.3, -0.25) is 0 Å². The predicted octanol–water partition coefficient (Wildman–Crippen LogP) is 2.17. The number of carboxylic acid groups (broad SMARTS) is 1. The standard InChI is InChI=1S/C15H13F2N3O6/c1-15(13-19-18-7-24-13)5-9(20-26-15)8-2-3-10(25-14(16)17)11(4-8)23-6-12(21)22/h2-4,7,14H,5-6H2,1H3,(H,21,22). The van der Waals surface area contributed by atoms with Crippen LogP contribution in [0.5, 0.6) is 11.5 Å². The summed E-state index contributed by atoms with van der Waals surface area (Å²) in [7, 11) is 0. The Morgan fingerprint density at radius 2 is 2.23 bits per heavy atom. The fourth-order valence-electron chi connectivity index (χ4n) is 2.35. The van der Waals surface area contributed by atoms with E-state index in [0.717, 1.165) is 6.39 Å². The highest BCUT2D eigenvalue weighted by Crippen LogP contribution is 2.37. The summed E-state index contributed by atoms with van der Waals surface area (Å²) < 4.78 is 39.5. The van der Waals surface area contributed by atoms with Gasteiger partial charge in [0.1, 0.15) is 0 Å². The molecule has 0 saturated carbocycles. The Labute approximate surface area is 145 Å². The lowest BCUT2D eigenvalue weighted by Gasteiger charge is -2.16. The van der Waals surface area contributed by atoms with Crippen LogP contribution in [0.2, 0.25) is 0 Å². The van der Waals surface area contributed by atoms with E-state index in [-0.39, 0.29) is 23.8 Å². The molecule has 1 N–H and O–H groups in total. The third-order valence-corrected chi connectivity index (χ3v) is 3.52. The molecular weight excluding hydrogens is 356 g/mol. The van der Waals surface area contributed by atoms with Gasteiger partial charge in [0.15, 0.2) is 18.1 Å². The molecular formula is C15H13F2N3O6. The molecule has 1 unspecified atom stereocenters. The van der Waals surface area contributed by atoms with Crippen LogP contribution in [-0.4, -0.2) is 40.2 Å². The number of hydrogen-bond donors (Lipinski definition) is 1. The zero-order valence-corrected chi connectivity index (χ0v) is 13.4. The van der Waals surface area contributed by atoms with Gasteiger partial charge in [0.2, 0.25) is 12.0 Å². The van der Waals surface area contributed by atoms with Gasteiger partial charge in [0.25, 0.3) is 5.89 Å². The lowest BCUT2D eigenvalue weighted by Crippen LogP contribution is -2.22. The molecule has 0 fully saturated rings. The van der Waals surface area contributed by atoms with Crippen LogP contribution in [0.4, 0.5) is 8.78 Å². The zero-order chi connectivity index (χ0) is 18.7. The molecule has 2 heterocycles. The van der Waals surface area contributed by atoms with Crippen molar-refractivity contribution in [2.24, 2.45) is 5.16 Å². The minimum absolute atomic E-state index is 0.153. The Hall–Kier alpha value is -3.24. The molecule has 9 nitrogen and oxygen atoms in total. The van der Waals surface area contributed by atoms with Gasteiger partial charge in [-0.25, -0.2) is 4.79 Å². The van der Waals surface area contributed by atoms with Gasteiger partial charge in [0.05, 0.1) is 5.71 Å². The van der Waals surface area contributed by atoms with E-state index in [0.29, 0.717) is 11.3 Å². The Bertz CT molecular complexity index is 827. The lowest BCUT2D eigenvalue weighted by molar-refractivity contribution is -0.139. The molecule has 1 aromatic heterocycles. The van der Waals surface area contributed by atoms with Crippen molar-refractivity contribution in [2.75, 3.05) is 6.61 Å². The average molecular weight is 369 g/mol. The van der Waals surface area contributed by atoms with E-state index in [1.54, 1.807) is 6.92 Å². The molecule has 1 atom stereocenters. The van der Waals surface area contributed by atoms with Crippen molar-refractivity contribution in [1.29, 1.82) is 0 Å². The SMILES string of the molecule is CC1(c2nnco2)CC(c2ccc(OC(F)F)c(OCC(=O)O)c2)=NO1. The molecule has 1 aromatic carbocycles. The largest absolute Gasteiger partial charge is 0.479 e. The van der Waals surface area contributed by atoms with Gasteiger partial charge in [-0.15, -0.1) is 10.2 Å². The molecule has 0 spiro atoms. The third-order valence-electron chi connectivity index (χ3n) is 3.52. The topological polar surface area (TPSA) is 116 Å². The Kier molecular flexibility index (Phi) is 4.69. The summed E-state index contributed by atoms with van der Waals surface area (Å²) in [4.78, 5) is 16.1. The monoisotopic (exact) mass is 369 g/mol. The molecule has 1 aliphatic rings. The normalized spacial score (nSPS) is 19.2. The van der Waals surface area contributed by atoms with E-state index in [1.807, 2.05) is 0 Å². The summed E-state index contributed by atoms with van der Waals surface area (Å²) >= 11 is 0. The van der Waals surface area contributed by atoms with E-state index in [2.05, 4.69) is 20.1 Å². The number of carboxylic acids is 1. The average Bonchev–Trinajstić information content (AvgIpc) is 3.24. The second-order valence-corrected chi connectivity index (χ2v) is 5.50. The van der Waals surface area contributed by atoms with Crippen LogP contribution >= 0.6 is 0 Å². The van der Waals surface area contributed by atoms with Crippen molar-refractivity contribution >= 4 is 11.7 Å². The first kappa shape index (κ1) is 17.6. The first-order valence-corrected chi connectivity index (χ1v) is 7.33. The number of aliphatic carboxylic acids is 1. The minimum atomic E-state index is -3.08. The molecule has 26 heavy (non-hydrogen) atoms. The summed E-state index contributed by atoms with van der Waals surface area (Å²) in [5.74, 6) is -1.47. The van der Waals surface area contributed by atoms with Crippen molar-refractivity contribution in [2.45, 2.75) is 25.6 Å². The van der Waals surface area contributed by atoms with Crippen LogP contribution in [-0.2, 0) is 15.2 Å². The highest BCUT2D eigenvalue weighted by molar-refractivity contribution is 6.02. The molecule has 0 amide bonds. The number of carbonyl (C=O) groups is 1. The van der Waals surface area contributed by atoms with Gasteiger partial charge in [-0.2, -0.15) is 8.78 Å². The van der Waals surface area contributed by atoms with E-state index < -0.39 is 24.8 Å². The lowest BCUT2D eigenvalue weighted by atomic mass is 9.95. The maximum atomic E-state index is 12.5. The highest BCUT2D eigenvalue weighted by atomic mass is 19.3. The van der Waals surface area contributed by atoms with Crippen LogP contribution in [0.15, 0.2) is 34.2 Å². The number of halogens is 2. The number of hydrogen-bond acceptors (Lipinski definition) is 8. The van der Waals surface area contributed by atoms with Gasteiger partial charge in [-0.05, 0) is 25.1 Å². The predicted molar refractivity (Wildman–Crippen MR) is 80.1 cm³/mol. The summed E-state index contributed by atoms with van der Waals surface area (Å²) in [5, 5.41) is 20.1. The minimum Gasteiger partial charge on any atom is -0.479 e. The molecule has 0 bridgehead atoms. The van der Waals surface area contributed by atoms with Crippen LogP contribution < -0.4 is 9.47 Å². The van der Waals surface area contributed by atoms with E-state index >= 15 is 0 Å². The molecule has 0 saturated heterocycles. The first-order chi connectivity index (χ1) is 12.4. The van der Waals surface area contributed by atoms with Crippen LogP contribution in [0.25, 0.3) is 0 Å². The number of benzene rings is 1. The maximum Gasteiger partial charge on any atom is 0.387 e. The van der Waals surface area contributed by atoms with E-state index in [9.17, 15) is 13.6 Å². The summed E-state index contributed by atoms with van der Waals surface area (Å²) in [6.45, 7) is -2.10. The van der Waals surface area contributed by atoms with Crippen molar-refractivity contribution in [3.63, 3.8) is 0 Å². The number of ether oxygens (including phenoxy) is 2. The third kappa shape index (κ3) is 3.71. The quantitative estimate of drug-likeness (QED) is 0.789. The Morgan fingerprint density at radius 1 is 1.42 bits per heavy atom. The van der Waals surface area contributed by atoms with Crippen molar-refractivity contribution in [3.8, 4) is 11.5 Å². The fourth-order valence-corrected chi connectivity index (χ4v) is 2.35. The molecule has 0 radical (unpaired) electrons. The fraction of sp³-hybridized carbons (Fsp3) is 0.333. The van der Waals surface area contributed by atoms with Crippen molar-refractivity contribution in [3.05, 3.63) is 36.0 Å². The molecule has 11 heteroatoms. The molecule has 0 aliphatic carbocycles. The van der Waals surface area contributed by atoms with Gasteiger partial charge >= 0.3 is 12.6 Å². The zero-order valence-electron chi connectivity index (χ0n) is 13.4.